The predicted molar refractivity (Wildman–Crippen MR) is 102 cm³/mol. The molecule has 0 aromatic heterocycles. The Labute approximate surface area is 148 Å². The Morgan fingerprint density at radius 2 is 1.50 bits per heavy atom. The maximum Gasteiger partial charge on any atom is 0.303 e. The molecule has 1 aliphatic rings. The van der Waals surface area contributed by atoms with Crippen molar-refractivity contribution >= 4 is 5.97 Å². The van der Waals surface area contributed by atoms with Crippen LogP contribution in [0, 0.1) is 0 Å². The molecule has 1 fully saturated rings. The molecule has 0 aromatic rings. The molecule has 1 N–H and O–H groups in total. The largest absolute Gasteiger partial charge is 0.481 e. The van der Waals surface area contributed by atoms with Crippen LogP contribution in [0.15, 0.2) is 36.5 Å². The number of aliphatic carboxylic acids is 1. The second kappa shape index (κ2) is 15.2. The topological polar surface area (TPSA) is 49.8 Å². The molecule has 24 heavy (non-hydrogen) atoms. The molecule has 138 valence electrons. The number of hydrogen-bond donors (Lipinski definition) is 1. The van der Waals surface area contributed by atoms with Crippen LogP contribution in [0.5, 0.6) is 0 Å². The summed E-state index contributed by atoms with van der Waals surface area (Å²) in [5.74, 6) is -0.715. The van der Waals surface area contributed by atoms with Crippen LogP contribution in [-0.4, -0.2) is 23.3 Å². The zero-order valence-electron chi connectivity index (χ0n) is 14.5. The van der Waals surface area contributed by atoms with Gasteiger partial charge in [0.2, 0.25) is 0 Å². The minimum Gasteiger partial charge on any atom is -0.481 e. The Morgan fingerprint density at radius 3 is 2.17 bits per heavy atom. The second-order valence-electron chi connectivity index (χ2n) is 6.12. The van der Waals surface area contributed by atoms with E-state index in [1.54, 1.807) is 0 Å². The highest BCUT2D eigenvalue weighted by Crippen LogP contribution is 2.29. The molecule has 0 bridgehead atoms. The van der Waals surface area contributed by atoms with E-state index in [9.17, 15) is 4.79 Å². The smallest absolute Gasteiger partial charge is 0.303 e. The van der Waals surface area contributed by atoms with Crippen molar-refractivity contribution in [3.05, 3.63) is 36.5 Å². The van der Waals surface area contributed by atoms with Crippen molar-refractivity contribution in [2.45, 2.75) is 90.8 Å². The van der Waals surface area contributed by atoms with Gasteiger partial charge in [-0.1, -0.05) is 63.6 Å². The van der Waals surface area contributed by atoms with Gasteiger partial charge >= 0.3 is 5.97 Å². The molecule has 2 atom stereocenters. The van der Waals surface area contributed by atoms with Crippen molar-refractivity contribution in [3.8, 4) is 0 Å². The first-order valence-electron chi connectivity index (χ1n) is 9.06. The minimum absolute atomic E-state index is 0. The Hall–Kier alpha value is -1.35. The molecule has 3 nitrogen and oxygen atoms in total. The van der Waals surface area contributed by atoms with Gasteiger partial charge in [0.15, 0.2) is 0 Å². The molecule has 0 unspecified atom stereocenters. The van der Waals surface area contributed by atoms with Crippen molar-refractivity contribution in [2.24, 2.45) is 0 Å². The zero-order chi connectivity index (χ0) is 16.8. The van der Waals surface area contributed by atoms with Crippen LogP contribution in [-0.2, 0) is 9.53 Å². The van der Waals surface area contributed by atoms with E-state index in [0.29, 0.717) is 12.2 Å². The summed E-state index contributed by atoms with van der Waals surface area (Å²) >= 11 is 0. The van der Waals surface area contributed by atoms with Crippen LogP contribution in [0.1, 0.15) is 78.6 Å². The first-order chi connectivity index (χ1) is 11.2. The van der Waals surface area contributed by atoms with E-state index in [2.05, 4.69) is 43.4 Å². The lowest BCUT2D eigenvalue weighted by Crippen LogP contribution is -1.92. The SMILES string of the molecule is C.CCCCC/C=C\C[C@@H]1O[C@@H]1C/C=C\C/C=C\CCCC(=O)O. The van der Waals surface area contributed by atoms with Crippen molar-refractivity contribution in [3.63, 3.8) is 0 Å². The summed E-state index contributed by atoms with van der Waals surface area (Å²) in [4.78, 5) is 10.3. The third-order valence-electron chi connectivity index (χ3n) is 3.93. The molecule has 0 aliphatic carbocycles. The van der Waals surface area contributed by atoms with E-state index in [-0.39, 0.29) is 13.8 Å². The Kier molecular flexibility index (Phi) is 14.3. The van der Waals surface area contributed by atoms with Crippen molar-refractivity contribution in [1.29, 1.82) is 0 Å². The van der Waals surface area contributed by atoms with Crippen molar-refractivity contribution in [1.82, 2.24) is 0 Å². The van der Waals surface area contributed by atoms with Gasteiger partial charge in [-0.3, -0.25) is 4.79 Å². The Bertz CT molecular complexity index is 396. The first kappa shape index (κ1) is 22.6. The number of rotatable bonds is 14. The number of carbonyl (C=O) groups is 1. The van der Waals surface area contributed by atoms with Crippen LogP contribution in [0.2, 0.25) is 0 Å². The molecular weight excluding hydrogens is 300 g/mol. The molecule has 1 rings (SSSR count). The lowest BCUT2D eigenvalue weighted by molar-refractivity contribution is -0.137. The van der Waals surface area contributed by atoms with E-state index in [1.807, 2.05) is 0 Å². The normalized spacial score (nSPS) is 20.0. The number of carboxylic acids is 1. The van der Waals surface area contributed by atoms with Crippen molar-refractivity contribution < 1.29 is 14.6 Å². The third-order valence-corrected chi connectivity index (χ3v) is 3.93. The van der Waals surface area contributed by atoms with E-state index in [0.717, 1.165) is 32.1 Å². The fraction of sp³-hybridized carbons (Fsp3) is 0.667. The lowest BCUT2D eigenvalue weighted by atomic mass is 10.1. The standard InChI is InChI=1S/C20H32O3.CH4/c1-2-3-4-5-9-12-15-18-19(23-18)16-13-10-7-6-8-11-14-17-20(21)22;/h6,8-10,12-13,18-19H,2-5,7,11,14-17H2,1H3,(H,21,22);1H4/b8-6-,12-9-,13-10-;/t18-,19+;/m0./s1. The molecule has 0 spiro atoms. The monoisotopic (exact) mass is 336 g/mol. The third kappa shape index (κ3) is 13.1. The molecule has 1 saturated heterocycles. The maximum absolute atomic E-state index is 10.3. The van der Waals surface area contributed by atoms with Gasteiger partial charge < -0.3 is 9.84 Å². The fourth-order valence-electron chi connectivity index (χ4n) is 2.44. The molecular formula is C21H36O3. The maximum atomic E-state index is 10.3. The summed E-state index contributed by atoms with van der Waals surface area (Å²) in [6.07, 6.45) is 23.8. The van der Waals surface area contributed by atoms with E-state index < -0.39 is 5.97 Å². The van der Waals surface area contributed by atoms with Gasteiger partial charge in [0.25, 0.3) is 0 Å². The molecule has 0 amide bonds. The number of ether oxygens (including phenoxy) is 1. The Morgan fingerprint density at radius 1 is 0.917 bits per heavy atom. The van der Waals surface area contributed by atoms with Gasteiger partial charge in [0.1, 0.15) is 0 Å². The fourth-order valence-corrected chi connectivity index (χ4v) is 2.44. The highest BCUT2D eigenvalue weighted by Gasteiger charge is 2.35. The summed E-state index contributed by atoms with van der Waals surface area (Å²) in [7, 11) is 0. The van der Waals surface area contributed by atoms with Gasteiger partial charge in [-0.25, -0.2) is 0 Å². The van der Waals surface area contributed by atoms with Crippen LogP contribution in [0.4, 0.5) is 0 Å². The average Bonchev–Trinajstić information content (AvgIpc) is 3.27. The molecule has 1 aliphatic heterocycles. The summed E-state index contributed by atoms with van der Waals surface area (Å²) in [6.45, 7) is 2.23. The number of epoxide rings is 1. The number of unbranched alkanes of at least 4 members (excludes halogenated alkanes) is 4. The number of carboxylic acid groups (broad SMARTS) is 1. The predicted octanol–water partition coefficient (Wildman–Crippen LogP) is 6.06. The average molecular weight is 337 g/mol. The highest BCUT2D eigenvalue weighted by atomic mass is 16.6. The van der Waals surface area contributed by atoms with Crippen LogP contribution < -0.4 is 0 Å². The quantitative estimate of drug-likeness (QED) is 0.238. The number of hydrogen-bond acceptors (Lipinski definition) is 2. The summed E-state index contributed by atoms with van der Waals surface area (Å²) in [5, 5.41) is 8.52. The summed E-state index contributed by atoms with van der Waals surface area (Å²) in [5.41, 5.74) is 0. The molecule has 0 aromatic carbocycles. The van der Waals surface area contributed by atoms with Gasteiger partial charge in [0, 0.05) is 6.42 Å². The minimum atomic E-state index is -0.715. The van der Waals surface area contributed by atoms with Gasteiger partial charge in [0.05, 0.1) is 12.2 Å². The lowest BCUT2D eigenvalue weighted by Gasteiger charge is -1.91. The van der Waals surface area contributed by atoms with Crippen LogP contribution in [0.25, 0.3) is 0 Å². The Balaban J connectivity index is 0.00000529. The second-order valence-corrected chi connectivity index (χ2v) is 6.12. The van der Waals surface area contributed by atoms with E-state index >= 15 is 0 Å². The van der Waals surface area contributed by atoms with Crippen LogP contribution >= 0.6 is 0 Å². The first-order valence-corrected chi connectivity index (χ1v) is 9.06. The van der Waals surface area contributed by atoms with Crippen molar-refractivity contribution in [2.75, 3.05) is 0 Å². The van der Waals surface area contributed by atoms with Gasteiger partial charge in [-0.05, 0) is 44.9 Å². The summed E-state index contributed by atoms with van der Waals surface area (Å²) in [6, 6.07) is 0. The number of allylic oxidation sites excluding steroid dienone is 4. The van der Waals surface area contributed by atoms with Crippen LogP contribution in [0.3, 0.4) is 0 Å². The van der Waals surface area contributed by atoms with E-state index in [1.165, 1.54) is 25.7 Å². The van der Waals surface area contributed by atoms with Gasteiger partial charge in [-0.2, -0.15) is 0 Å². The molecule has 3 heteroatoms. The molecule has 1 heterocycles. The highest BCUT2D eigenvalue weighted by molar-refractivity contribution is 5.66. The summed E-state index contributed by atoms with van der Waals surface area (Å²) < 4.78 is 5.65. The molecule has 0 saturated carbocycles. The van der Waals surface area contributed by atoms with Gasteiger partial charge in [-0.15, -0.1) is 0 Å². The molecule has 0 radical (unpaired) electrons. The zero-order valence-corrected chi connectivity index (χ0v) is 14.5. The van der Waals surface area contributed by atoms with E-state index in [4.69, 9.17) is 9.84 Å².